The van der Waals surface area contributed by atoms with Crippen molar-refractivity contribution >= 4 is 55.7 Å². The molecule has 2 aliphatic heterocycles. The molecule has 0 bridgehead atoms. The third kappa shape index (κ3) is 5.22. The molecule has 5 heterocycles. The number of carbonyl (C=O) groups excluding carboxylic acids is 1. The number of nitrogens with one attached hydrogen (secondary N) is 2. The van der Waals surface area contributed by atoms with Crippen LogP contribution in [-0.4, -0.2) is 112 Å². The summed E-state index contributed by atoms with van der Waals surface area (Å²) in [7, 11) is 4.20. The van der Waals surface area contributed by atoms with E-state index >= 15 is 0 Å². The standard InChI is InChI=1S/C27H33N9OS/c1-33(2)9-10-34-11-13-36(14-12-34)27(37)35-7-5-19(6-8-35)23-16-21-25(28-17-29-26(21)32-23)31-20-3-4-22-24(15-20)38-18-30-22/h3-5,15-18H,6-14H2,1-2H3,(H2,28,29,31,32). The fourth-order valence-corrected chi connectivity index (χ4v) is 5.79. The average Bonchev–Trinajstić information content (AvgIpc) is 3.59. The predicted molar refractivity (Wildman–Crippen MR) is 153 cm³/mol. The van der Waals surface area contributed by atoms with Gasteiger partial charge in [-0.3, -0.25) is 4.90 Å². The second-order valence-electron chi connectivity index (χ2n) is 10.2. The van der Waals surface area contributed by atoms with Crippen LogP contribution in [0.1, 0.15) is 12.1 Å². The molecule has 4 aromatic rings. The number of H-pyrrole nitrogens is 1. The number of piperazine rings is 1. The first-order valence-corrected chi connectivity index (χ1v) is 14.0. The first-order chi connectivity index (χ1) is 18.5. The first-order valence-electron chi connectivity index (χ1n) is 13.1. The second-order valence-corrected chi connectivity index (χ2v) is 11.1. The maximum Gasteiger partial charge on any atom is 0.320 e. The van der Waals surface area contributed by atoms with E-state index in [1.165, 1.54) is 5.57 Å². The van der Waals surface area contributed by atoms with Crippen LogP contribution in [0, 0.1) is 0 Å². The van der Waals surface area contributed by atoms with Crippen LogP contribution in [0.5, 0.6) is 0 Å². The summed E-state index contributed by atoms with van der Waals surface area (Å²) < 4.78 is 1.13. The smallest absolute Gasteiger partial charge is 0.320 e. The lowest BCUT2D eigenvalue weighted by Crippen LogP contribution is -2.54. The average molecular weight is 532 g/mol. The lowest BCUT2D eigenvalue weighted by atomic mass is 10.0. The van der Waals surface area contributed by atoms with Crippen molar-refractivity contribution in [3.05, 3.63) is 47.9 Å². The van der Waals surface area contributed by atoms with E-state index in [0.29, 0.717) is 13.1 Å². The van der Waals surface area contributed by atoms with Crippen molar-refractivity contribution < 1.29 is 4.79 Å². The lowest BCUT2D eigenvalue weighted by Gasteiger charge is -2.38. The number of amides is 2. The van der Waals surface area contributed by atoms with Crippen LogP contribution < -0.4 is 5.32 Å². The number of aromatic nitrogens is 4. The van der Waals surface area contributed by atoms with Crippen molar-refractivity contribution in [3.63, 3.8) is 0 Å². The van der Waals surface area contributed by atoms with Crippen molar-refractivity contribution in [2.45, 2.75) is 6.42 Å². The molecule has 2 aliphatic rings. The zero-order valence-corrected chi connectivity index (χ0v) is 22.7. The van der Waals surface area contributed by atoms with Gasteiger partial charge in [-0.05, 0) is 50.4 Å². The number of thiazole rings is 1. The van der Waals surface area contributed by atoms with Gasteiger partial charge in [0.2, 0.25) is 0 Å². The molecule has 6 rings (SSSR count). The normalized spacial score (nSPS) is 17.0. The summed E-state index contributed by atoms with van der Waals surface area (Å²) in [6, 6.07) is 8.38. The number of anilines is 2. The van der Waals surface area contributed by atoms with Crippen molar-refractivity contribution in [1.82, 2.24) is 39.5 Å². The zero-order chi connectivity index (χ0) is 26.1. The Kier molecular flexibility index (Phi) is 6.96. The number of benzene rings is 1. The Bertz CT molecular complexity index is 1470. The Balaban J connectivity index is 1.10. The molecular formula is C27H33N9OS. The number of aromatic amines is 1. The molecular weight excluding hydrogens is 498 g/mol. The molecule has 198 valence electrons. The molecule has 3 aromatic heterocycles. The number of likely N-dealkylation sites (N-methyl/N-ethyl adjacent to an activating group) is 1. The first kappa shape index (κ1) is 24.8. The molecule has 0 aliphatic carbocycles. The second kappa shape index (κ2) is 10.7. The highest BCUT2D eigenvalue weighted by atomic mass is 32.1. The fraction of sp³-hybridized carbons (Fsp3) is 0.407. The molecule has 11 heteroatoms. The Labute approximate surface area is 226 Å². The number of carbonyl (C=O) groups is 1. The van der Waals surface area contributed by atoms with Crippen LogP contribution >= 0.6 is 11.3 Å². The minimum Gasteiger partial charge on any atom is -0.340 e. The van der Waals surface area contributed by atoms with Crippen LogP contribution in [0.4, 0.5) is 16.3 Å². The van der Waals surface area contributed by atoms with Gasteiger partial charge in [0.05, 0.1) is 21.1 Å². The molecule has 0 saturated carbocycles. The summed E-state index contributed by atoms with van der Waals surface area (Å²) in [6.45, 7) is 6.92. The van der Waals surface area contributed by atoms with Gasteiger partial charge in [0, 0.05) is 63.7 Å². The molecule has 2 N–H and O–H groups in total. The van der Waals surface area contributed by atoms with Crippen LogP contribution in [0.25, 0.3) is 26.8 Å². The molecule has 0 unspecified atom stereocenters. The number of urea groups is 1. The SMILES string of the molecule is CN(C)CCN1CCN(C(=O)N2CC=C(c3cc4c(Nc5ccc6ncsc6c5)ncnc4[nH]3)CC2)CC1. The number of hydrogen-bond donors (Lipinski definition) is 2. The molecule has 1 fully saturated rings. The van der Waals surface area contributed by atoms with Gasteiger partial charge in [0.1, 0.15) is 17.8 Å². The molecule has 0 spiro atoms. The highest BCUT2D eigenvalue weighted by Gasteiger charge is 2.27. The Hall–Kier alpha value is -3.54. The van der Waals surface area contributed by atoms with Gasteiger partial charge < -0.3 is 25.0 Å². The number of fused-ring (bicyclic) bond motifs is 2. The summed E-state index contributed by atoms with van der Waals surface area (Å²) in [5.74, 6) is 0.763. The van der Waals surface area contributed by atoms with Crippen molar-refractivity contribution in [3.8, 4) is 0 Å². The van der Waals surface area contributed by atoms with Gasteiger partial charge in [-0.15, -0.1) is 11.3 Å². The van der Waals surface area contributed by atoms with Crippen LogP contribution in [0.3, 0.4) is 0 Å². The van der Waals surface area contributed by atoms with Crippen molar-refractivity contribution in [2.24, 2.45) is 0 Å². The van der Waals surface area contributed by atoms with Crippen molar-refractivity contribution in [2.75, 3.05) is 71.8 Å². The van der Waals surface area contributed by atoms with Crippen LogP contribution in [-0.2, 0) is 0 Å². The quantitative estimate of drug-likeness (QED) is 0.392. The fourth-order valence-electron chi connectivity index (χ4n) is 5.07. The molecule has 38 heavy (non-hydrogen) atoms. The van der Waals surface area contributed by atoms with Gasteiger partial charge in [0.25, 0.3) is 0 Å². The van der Waals surface area contributed by atoms with Gasteiger partial charge >= 0.3 is 6.03 Å². The van der Waals surface area contributed by atoms with E-state index in [1.54, 1.807) is 17.7 Å². The number of rotatable bonds is 6. The molecule has 2 amide bonds. The topological polar surface area (TPSA) is 96.5 Å². The van der Waals surface area contributed by atoms with Crippen molar-refractivity contribution in [1.29, 1.82) is 0 Å². The molecule has 0 atom stereocenters. The van der Waals surface area contributed by atoms with Crippen LogP contribution in [0.2, 0.25) is 0 Å². The van der Waals surface area contributed by atoms with E-state index in [0.717, 1.165) is 84.1 Å². The maximum absolute atomic E-state index is 13.2. The van der Waals surface area contributed by atoms with E-state index < -0.39 is 0 Å². The highest BCUT2D eigenvalue weighted by Crippen LogP contribution is 2.30. The van der Waals surface area contributed by atoms with Gasteiger partial charge in [-0.1, -0.05) is 6.08 Å². The van der Waals surface area contributed by atoms with E-state index in [2.05, 4.69) is 67.4 Å². The van der Waals surface area contributed by atoms with Gasteiger partial charge in [0.15, 0.2) is 0 Å². The predicted octanol–water partition coefficient (Wildman–Crippen LogP) is 3.70. The molecule has 1 saturated heterocycles. The molecule has 0 radical (unpaired) electrons. The van der Waals surface area contributed by atoms with Gasteiger partial charge in [-0.2, -0.15) is 0 Å². The summed E-state index contributed by atoms with van der Waals surface area (Å²) >= 11 is 1.62. The maximum atomic E-state index is 13.2. The zero-order valence-electron chi connectivity index (χ0n) is 21.9. The van der Waals surface area contributed by atoms with Gasteiger partial charge in [-0.25, -0.2) is 19.7 Å². The molecule has 10 nitrogen and oxygen atoms in total. The monoisotopic (exact) mass is 531 g/mol. The Morgan fingerprint density at radius 3 is 2.74 bits per heavy atom. The Morgan fingerprint density at radius 1 is 1.08 bits per heavy atom. The summed E-state index contributed by atoms with van der Waals surface area (Å²) in [5, 5.41) is 4.39. The largest absolute Gasteiger partial charge is 0.340 e. The van der Waals surface area contributed by atoms with E-state index in [9.17, 15) is 4.79 Å². The van der Waals surface area contributed by atoms with E-state index in [-0.39, 0.29) is 6.03 Å². The highest BCUT2D eigenvalue weighted by molar-refractivity contribution is 7.16. The minimum absolute atomic E-state index is 0.152. The summed E-state index contributed by atoms with van der Waals surface area (Å²) in [6.07, 6.45) is 4.55. The summed E-state index contributed by atoms with van der Waals surface area (Å²) in [4.78, 5) is 38.5. The molecule has 1 aromatic carbocycles. The number of hydrogen-bond acceptors (Lipinski definition) is 8. The minimum atomic E-state index is 0.152. The van der Waals surface area contributed by atoms with E-state index in [4.69, 9.17) is 0 Å². The third-order valence-electron chi connectivity index (χ3n) is 7.35. The lowest BCUT2D eigenvalue weighted by molar-refractivity contribution is 0.111. The Morgan fingerprint density at radius 2 is 1.95 bits per heavy atom. The third-order valence-corrected chi connectivity index (χ3v) is 8.14. The number of nitrogens with zero attached hydrogens (tertiary/aromatic N) is 7. The summed E-state index contributed by atoms with van der Waals surface area (Å²) in [5.41, 5.74) is 6.85. The van der Waals surface area contributed by atoms with E-state index in [1.807, 2.05) is 27.4 Å². The van der Waals surface area contributed by atoms with Crippen LogP contribution in [0.15, 0.2) is 42.2 Å².